The van der Waals surface area contributed by atoms with E-state index in [1.165, 1.54) is 0 Å². The number of hydrogen-bond acceptors (Lipinski definition) is 5. The van der Waals surface area contributed by atoms with Gasteiger partial charge in [0.25, 0.3) is 0 Å². The Morgan fingerprint density at radius 2 is 1.91 bits per heavy atom. The summed E-state index contributed by atoms with van der Waals surface area (Å²) in [6.45, 7) is 7.02. The molecule has 3 N–H and O–H groups in total. The molecule has 1 aromatic rings. The first-order valence-electron chi connectivity index (χ1n) is 6.85. The molecule has 0 aliphatic carbocycles. The Morgan fingerprint density at radius 3 is 2.52 bits per heavy atom. The Labute approximate surface area is 155 Å². The number of hydrogen-bond donors (Lipinski definition) is 3. The molecule has 0 heterocycles. The van der Waals surface area contributed by atoms with Crippen molar-refractivity contribution in [1.29, 1.82) is 0 Å². The van der Waals surface area contributed by atoms with Crippen molar-refractivity contribution in [2.75, 3.05) is 40.0 Å². The molecule has 0 saturated carbocycles. The first kappa shape index (κ1) is 24.6. The maximum atomic E-state index is 8.65. The molecule has 0 radical (unpaired) electrons. The third kappa shape index (κ3) is 9.25. The Morgan fingerprint density at radius 1 is 1.22 bits per heavy atom. The first-order chi connectivity index (χ1) is 10.2. The molecular formula is C15H25Cl3N2O3. The Bertz CT molecular complexity index is 448. The molecule has 0 fully saturated rings. The lowest BCUT2D eigenvalue weighted by Gasteiger charge is -2.13. The van der Waals surface area contributed by atoms with Crippen LogP contribution in [0.2, 0.25) is 5.02 Å². The van der Waals surface area contributed by atoms with Crippen LogP contribution in [0.5, 0.6) is 11.5 Å². The number of halogens is 3. The van der Waals surface area contributed by atoms with Crippen LogP contribution in [0.1, 0.15) is 5.56 Å². The lowest BCUT2D eigenvalue weighted by atomic mass is 10.2. The first-order valence-corrected chi connectivity index (χ1v) is 7.23. The minimum atomic E-state index is 0. The van der Waals surface area contributed by atoms with Crippen molar-refractivity contribution >= 4 is 36.4 Å². The smallest absolute Gasteiger partial charge is 0.180 e. The maximum absolute atomic E-state index is 8.65. The Kier molecular flexibility index (Phi) is 15.9. The van der Waals surface area contributed by atoms with Crippen molar-refractivity contribution in [2.24, 2.45) is 0 Å². The Balaban J connectivity index is 0. The van der Waals surface area contributed by atoms with Gasteiger partial charge >= 0.3 is 0 Å². The largest absolute Gasteiger partial charge is 0.493 e. The number of aliphatic hydroxyl groups is 1. The van der Waals surface area contributed by atoms with Gasteiger partial charge in [-0.1, -0.05) is 24.3 Å². The minimum absolute atomic E-state index is 0. The van der Waals surface area contributed by atoms with Crippen molar-refractivity contribution in [1.82, 2.24) is 10.6 Å². The SMILES string of the molecule is C=CCOc1c(Cl)cc(CNCCNCCO)cc1OC.Cl.Cl. The zero-order chi connectivity index (χ0) is 15.5. The summed E-state index contributed by atoms with van der Waals surface area (Å²) in [5, 5.41) is 15.5. The van der Waals surface area contributed by atoms with Gasteiger partial charge in [0.2, 0.25) is 0 Å². The molecule has 0 bridgehead atoms. The van der Waals surface area contributed by atoms with Crippen LogP contribution >= 0.6 is 36.4 Å². The van der Waals surface area contributed by atoms with Crippen LogP contribution in [0.4, 0.5) is 0 Å². The summed E-state index contributed by atoms with van der Waals surface area (Å²) in [6.07, 6.45) is 1.66. The topological polar surface area (TPSA) is 62.8 Å². The lowest BCUT2D eigenvalue weighted by Crippen LogP contribution is -2.28. The number of ether oxygens (including phenoxy) is 2. The highest BCUT2D eigenvalue weighted by molar-refractivity contribution is 6.32. The summed E-state index contributed by atoms with van der Waals surface area (Å²) in [5.74, 6) is 1.15. The molecular weight excluding hydrogens is 363 g/mol. The van der Waals surface area contributed by atoms with Crippen molar-refractivity contribution in [3.8, 4) is 11.5 Å². The van der Waals surface area contributed by atoms with Crippen LogP contribution in [-0.4, -0.2) is 45.1 Å². The molecule has 0 atom stereocenters. The van der Waals surface area contributed by atoms with E-state index in [0.29, 0.717) is 36.2 Å². The molecule has 5 nitrogen and oxygen atoms in total. The highest BCUT2D eigenvalue weighted by atomic mass is 35.5. The van der Waals surface area contributed by atoms with Gasteiger partial charge in [-0.05, 0) is 17.7 Å². The molecule has 0 amide bonds. The fourth-order valence-electron chi connectivity index (χ4n) is 1.77. The summed E-state index contributed by atoms with van der Waals surface area (Å²) in [4.78, 5) is 0. The van der Waals surface area contributed by atoms with E-state index in [9.17, 15) is 0 Å². The molecule has 134 valence electrons. The van der Waals surface area contributed by atoms with Crippen LogP contribution in [-0.2, 0) is 6.54 Å². The average Bonchev–Trinajstić information content (AvgIpc) is 2.49. The van der Waals surface area contributed by atoms with Crippen molar-refractivity contribution in [3.05, 3.63) is 35.4 Å². The Hall–Kier alpha value is -0.690. The van der Waals surface area contributed by atoms with Gasteiger partial charge in [-0.15, -0.1) is 24.8 Å². The molecule has 1 aromatic carbocycles. The van der Waals surface area contributed by atoms with E-state index in [4.69, 9.17) is 26.2 Å². The zero-order valence-corrected chi connectivity index (χ0v) is 15.5. The van der Waals surface area contributed by atoms with Crippen LogP contribution < -0.4 is 20.1 Å². The van der Waals surface area contributed by atoms with Crippen LogP contribution in [0.15, 0.2) is 24.8 Å². The second kappa shape index (κ2) is 14.9. The fourth-order valence-corrected chi connectivity index (χ4v) is 2.06. The standard InChI is InChI=1S/C15H23ClN2O3.2ClH/c1-3-8-21-15-13(16)9-12(10-14(15)20-2)11-18-5-4-17-6-7-19;;/h3,9-10,17-19H,1,4-8,11H2,2H3;2*1H. The van der Waals surface area contributed by atoms with E-state index in [1.807, 2.05) is 12.1 Å². The highest BCUT2D eigenvalue weighted by Gasteiger charge is 2.11. The predicted octanol–water partition coefficient (Wildman–Crippen LogP) is 2.43. The van der Waals surface area contributed by atoms with Crippen LogP contribution in [0.3, 0.4) is 0 Å². The number of nitrogens with one attached hydrogen (secondary N) is 2. The normalized spacial score (nSPS) is 9.52. The van der Waals surface area contributed by atoms with Crippen molar-refractivity contribution in [3.63, 3.8) is 0 Å². The van der Waals surface area contributed by atoms with Gasteiger partial charge in [-0.25, -0.2) is 0 Å². The second-order valence-electron chi connectivity index (χ2n) is 4.36. The molecule has 0 unspecified atom stereocenters. The fraction of sp³-hybridized carbons (Fsp3) is 0.467. The van der Waals surface area contributed by atoms with Crippen LogP contribution in [0.25, 0.3) is 0 Å². The quantitative estimate of drug-likeness (QED) is 0.402. The average molecular weight is 388 g/mol. The van der Waals surface area contributed by atoms with E-state index in [0.717, 1.165) is 18.7 Å². The minimum Gasteiger partial charge on any atom is -0.493 e. The summed E-state index contributed by atoms with van der Waals surface area (Å²) in [7, 11) is 1.59. The summed E-state index contributed by atoms with van der Waals surface area (Å²) < 4.78 is 10.8. The number of methoxy groups -OCH3 is 1. The molecule has 1 rings (SSSR count). The number of aliphatic hydroxyl groups excluding tert-OH is 1. The molecule has 23 heavy (non-hydrogen) atoms. The number of rotatable bonds is 11. The van der Waals surface area contributed by atoms with Gasteiger partial charge in [0, 0.05) is 26.2 Å². The van der Waals surface area contributed by atoms with Gasteiger partial charge in [0.1, 0.15) is 6.61 Å². The van der Waals surface area contributed by atoms with E-state index in [1.54, 1.807) is 13.2 Å². The third-order valence-corrected chi connectivity index (χ3v) is 3.01. The monoisotopic (exact) mass is 386 g/mol. The third-order valence-electron chi connectivity index (χ3n) is 2.73. The second-order valence-corrected chi connectivity index (χ2v) is 4.77. The molecule has 0 aromatic heterocycles. The van der Waals surface area contributed by atoms with Gasteiger partial charge in [-0.2, -0.15) is 0 Å². The van der Waals surface area contributed by atoms with E-state index in [-0.39, 0.29) is 31.4 Å². The molecule has 8 heteroatoms. The lowest BCUT2D eigenvalue weighted by molar-refractivity contribution is 0.292. The summed E-state index contributed by atoms with van der Waals surface area (Å²) in [6, 6.07) is 3.76. The molecule has 0 aliphatic rings. The summed E-state index contributed by atoms with van der Waals surface area (Å²) >= 11 is 6.22. The van der Waals surface area contributed by atoms with Crippen molar-refractivity contribution < 1.29 is 14.6 Å². The van der Waals surface area contributed by atoms with Crippen LogP contribution in [0, 0.1) is 0 Å². The number of benzene rings is 1. The van der Waals surface area contributed by atoms with Gasteiger partial charge in [0.05, 0.1) is 18.7 Å². The van der Waals surface area contributed by atoms with E-state index in [2.05, 4.69) is 17.2 Å². The molecule has 0 aliphatic heterocycles. The predicted molar refractivity (Wildman–Crippen MR) is 99.9 cm³/mol. The van der Waals surface area contributed by atoms with Crippen molar-refractivity contribution in [2.45, 2.75) is 6.54 Å². The zero-order valence-electron chi connectivity index (χ0n) is 13.1. The van der Waals surface area contributed by atoms with Gasteiger partial charge < -0.3 is 25.2 Å². The highest BCUT2D eigenvalue weighted by Crippen LogP contribution is 2.36. The van der Waals surface area contributed by atoms with Gasteiger partial charge in [0.15, 0.2) is 11.5 Å². The maximum Gasteiger partial charge on any atom is 0.180 e. The molecule has 0 spiro atoms. The molecule has 0 saturated heterocycles. The summed E-state index contributed by atoms with van der Waals surface area (Å²) in [5.41, 5.74) is 1.02. The van der Waals surface area contributed by atoms with Gasteiger partial charge in [-0.3, -0.25) is 0 Å². The van der Waals surface area contributed by atoms with E-state index >= 15 is 0 Å². The van der Waals surface area contributed by atoms with E-state index < -0.39 is 0 Å².